The van der Waals surface area contributed by atoms with Gasteiger partial charge < -0.3 is 15.0 Å². The summed E-state index contributed by atoms with van der Waals surface area (Å²) < 4.78 is 5.21. The minimum Gasteiger partial charge on any atom is -0.497 e. The van der Waals surface area contributed by atoms with Crippen LogP contribution in [-0.4, -0.2) is 28.0 Å². The Kier molecular flexibility index (Phi) is 4.53. The van der Waals surface area contributed by atoms with Crippen LogP contribution in [-0.2, 0) is 6.54 Å². The summed E-state index contributed by atoms with van der Waals surface area (Å²) in [5, 5.41) is 3.87. The maximum absolute atomic E-state index is 12.4. The third-order valence-electron chi connectivity index (χ3n) is 4.31. The summed E-state index contributed by atoms with van der Waals surface area (Å²) in [6, 6.07) is 15.2. The van der Waals surface area contributed by atoms with Gasteiger partial charge in [0.2, 0.25) is 0 Å². The fourth-order valence-electron chi connectivity index (χ4n) is 2.85. The minimum absolute atomic E-state index is 0.165. The summed E-state index contributed by atoms with van der Waals surface area (Å²) in [5.41, 5.74) is 4.11. The van der Waals surface area contributed by atoms with Gasteiger partial charge in [0.15, 0.2) is 0 Å². The van der Waals surface area contributed by atoms with E-state index in [0.29, 0.717) is 12.2 Å². The molecule has 0 fully saturated rings. The van der Waals surface area contributed by atoms with Crippen molar-refractivity contribution in [3.05, 3.63) is 78.4 Å². The number of methoxy groups -OCH3 is 1. The largest absolute Gasteiger partial charge is 0.497 e. The molecule has 6 heteroatoms. The number of carbonyl (C=O) groups is 1. The highest BCUT2D eigenvalue weighted by Crippen LogP contribution is 2.21. The molecule has 1 aromatic carbocycles. The maximum Gasteiger partial charge on any atom is 0.267 e. The van der Waals surface area contributed by atoms with Crippen LogP contribution < -0.4 is 10.1 Å². The number of aromatic nitrogens is 3. The number of ether oxygens (including phenoxy) is 1. The summed E-state index contributed by atoms with van der Waals surface area (Å²) in [5.74, 6) is 0.581. The molecule has 27 heavy (non-hydrogen) atoms. The van der Waals surface area contributed by atoms with E-state index in [0.717, 1.165) is 33.5 Å². The molecular weight excluding hydrogens is 340 g/mol. The molecule has 0 radical (unpaired) electrons. The van der Waals surface area contributed by atoms with E-state index in [1.165, 1.54) is 0 Å². The molecule has 3 aromatic heterocycles. The zero-order valence-electron chi connectivity index (χ0n) is 14.8. The molecule has 0 saturated heterocycles. The predicted molar refractivity (Wildman–Crippen MR) is 103 cm³/mol. The number of pyridine rings is 2. The second-order valence-corrected chi connectivity index (χ2v) is 6.11. The Balaban J connectivity index is 1.43. The SMILES string of the molecule is COc1ccc2cc(C(=O)NCc3ccc(-c4cccnc4)nc3)[nH]c2c1. The summed E-state index contributed by atoms with van der Waals surface area (Å²) >= 11 is 0. The molecule has 0 bridgehead atoms. The molecule has 0 aliphatic rings. The van der Waals surface area contributed by atoms with E-state index in [1.54, 1.807) is 25.7 Å². The number of fused-ring (bicyclic) bond motifs is 1. The summed E-state index contributed by atoms with van der Waals surface area (Å²) in [7, 11) is 1.62. The molecule has 4 aromatic rings. The van der Waals surface area contributed by atoms with Crippen LogP contribution in [0.4, 0.5) is 0 Å². The number of rotatable bonds is 5. The van der Waals surface area contributed by atoms with Crippen LogP contribution >= 0.6 is 0 Å². The lowest BCUT2D eigenvalue weighted by Gasteiger charge is -2.05. The van der Waals surface area contributed by atoms with E-state index in [2.05, 4.69) is 20.3 Å². The van der Waals surface area contributed by atoms with E-state index in [-0.39, 0.29) is 5.91 Å². The van der Waals surface area contributed by atoms with Gasteiger partial charge in [-0.05, 0) is 42.0 Å². The number of hydrogen-bond donors (Lipinski definition) is 2. The van der Waals surface area contributed by atoms with E-state index in [9.17, 15) is 4.79 Å². The number of carbonyl (C=O) groups excluding carboxylic acids is 1. The van der Waals surface area contributed by atoms with Gasteiger partial charge in [0.05, 0.1) is 12.8 Å². The first-order valence-electron chi connectivity index (χ1n) is 8.53. The first-order valence-corrected chi connectivity index (χ1v) is 8.53. The van der Waals surface area contributed by atoms with Gasteiger partial charge in [0.25, 0.3) is 5.91 Å². The lowest BCUT2D eigenvalue weighted by atomic mass is 10.1. The number of aromatic amines is 1. The molecule has 0 unspecified atom stereocenters. The normalized spacial score (nSPS) is 10.7. The number of benzene rings is 1. The van der Waals surface area contributed by atoms with Crippen molar-refractivity contribution in [2.75, 3.05) is 7.11 Å². The van der Waals surface area contributed by atoms with Gasteiger partial charge in [0, 0.05) is 47.7 Å². The Morgan fingerprint density at radius 2 is 2.07 bits per heavy atom. The van der Waals surface area contributed by atoms with E-state index >= 15 is 0 Å². The standard InChI is InChI=1S/C21H18N4O2/c1-27-17-6-5-15-9-20(25-19(15)10-17)21(26)24-12-14-4-7-18(23-11-14)16-3-2-8-22-13-16/h2-11,13,25H,12H2,1H3,(H,24,26). The van der Waals surface area contributed by atoms with Crippen molar-refractivity contribution < 1.29 is 9.53 Å². The summed E-state index contributed by atoms with van der Waals surface area (Å²) in [6.45, 7) is 0.401. The molecule has 134 valence electrons. The van der Waals surface area contributed by atoms with Crippen molar-refractivity contribution >= 4 is 16.8 Å². The topological polar surface area (TPSA) is 79.9 Å². The molecular formula is C21H18N4O2. The van der Waals surface area contributed by atoms with Crippen LogP contribution in [0.1, 0.15) is 16.1 Å². The van der Waals surface area contributed by atoms with Crippen LogP contribution in [0.3, 0.4) is 0 Å². The van der Waals surface area contributed by atoms with Gasteiger partial charge in [-0.2, -0.15) is 0 Å². The van der Waals surface area contributed by atoms with Gasteiger partial charge in [-0.3, -0.25) is 14.8 Å². The van der Waals surface area contributed by atoms with Gasteiger partial charge in [-0.15, -0.1) is 0 Å². The Morgan fingerprint density at radius 3 is 2.81 bits per heavy atom. The van der Waals surface area contributed by atoms with Crippen molar-refractivity contribution in [2.24, 2.45) is 0 Å². The summed E-state index contributed by atoms with van der Waals surface area (Å²) in [6.07, 6.45) is 5.26. The highest BCUT2D eigenvalue weighted by atomic mass is 16.5. The summed E-state index contributed by atoms with van der Waals surface area (Å²) in [4.78, 5) is 24.1. The second kappa shape index (κ2) is 7.29. The highest BCUT2D eigenvalue weighted by Gasteiger charge is 2.10. The van der Waals surface area contributed by atoms with E-state index in [4.69, 9.17) is 4.74 Å². The van der Waals surface area contributed by atoms with Crippen LogP contribution in [0.25, 0.3) is 22.2 Å². The van der Waals surface area contributed by atoms with Gasteiger partial charge >= 0.3 is 0 Å². The van der Waals surface area contributed by atoms with Crippen LogP contribution in [0, 0.1) is 0 Å². The van der Waals surface area contributed by atoms with E-state index in [1.807, 2.05) is 48.5 Å². The zero-order valence-corrected chi connectivity index (χ0v) is 14.8. The minimum atomic E-state index is -0.165. The Labute approximate surface area is 156 Å². The van der Waals surface area contributed by atoms with Gasteiger partial charge in [-0.1, -0.05) is 6.07 Å². The van der Waals surface area contributed by atoms with Crippen LogP contribution in [0.5, 0.6) is 5.75 Å². The van der Waals surface area contributed by atoms with Crippen LogP contribution in [0.2, 0.25) is 0 Å². The van der Waals surface area contributed by atoms with Crippen molar-refractivity contribution in [1.29, 1.82) is 0 Å². The quantitative estimate of drug-likeness (QED) is 0.572. The molecule has 1 amide bonds. The van der Waals surface area contributed by atoms with Crippen molar-refractivity contribution in [3.63, 3.8) is 0 Å². The third-order valence-corrected chi connectivity index (χ3v) is 4.31. The average Bonchev–Trinajstić information content (AvgIpc) is 3.16. The second-order valence-electron chi connectivity index (χ2n) is 6.11. The van der Waals surface area contributed by atoms with Crippen molar-refractivity contribution in [1.82, 2.24) is 20.3 Å². The number of amides is 1. The molecule has 2 N–H and O–H groups in total. The molecule has 0 aliphatic carbocycles. The molecule has 3 heterocycles. The maximum atomic E-state index is 12.4. The Bertz CT molecular complexity index is 1070. The van der Waals surface area contributed by atoms with Crippen molar-refractivity contribution in [3.8, 4) is 17.0 Å². The zero-order chi connectivity index (χ0) is 18.6. The molecule has 6 nitrogen and oxygen atoms in total. The van der Waals surface area contributed by atoms with Gasteiger partial charge in [-0.25, -0.2) is 0 Å². The number of nitrogens with one attached hydrogen (secondary N) is 2. The fourth-order valence-corrected chi connectivity index (χ4v) is 2.85. The molecule has 0 atom stereocenters. The first kappa shape index (κ1) is 16.8. The number of H-pyrrole nitrogens is 1. The van der Waals surface area contributed by atoms with Gasteiger partial charge in [0.1, 0.15) is 11.4 Å². The Morgan fingerprint density at radius 1 is 1.15 bits per heavy atom. The lowest BCUT2D eigenvalue weighted by molar-refractivity contribution is 0.0946. The highest BCUT2D eigenvalue weighted by molar-refractivity contribution is 5.98. The number of hydrogen-bond acceptors (Lipinski definition) is 4. The van der Waals surface area contributed by atoms with Crippen molar-refractivity contribution in [2.45, 2.75) is 6.54 Å². The lowest BCUT2D eigenvalue weighted by Crippen LogP contribution is -2.23. The average molecular weight is 358 g/mol. The molecule has 0 saturated carbocycles. The number of nitrogens with zero attached hydrogens (tertiary/aromatic N) is 2. The fraction of sp³-hybridized carbons (Fsp3) is 0.0952. The molecule has 0 spiro atoms. The molecule has 0 aliphatic heterocycles. The first-order chi connectivity index (χ1) is 13.2. The predicted octanol–water partition coefficient (Wildman–Crippen LogP) is 3.56. The van der Waals surface area contributed by atoms with Crippen LogP contribution in [0.15, 0.2) is 67.1 Å². The monoisotopic (exact) mass is 358 g/mol. The van der Waals surface area contributed by atoms with E-state index < -0.39 is 0 Å². The molecule has 4 rings (SSSR count). The smallest absolute Gasteiger partial charge is 0.267 e. The Hall–Kier alpha value is -3.67. The third kappa shape index (κ3) is 3.64.